The van der Waals surface area contributed by atoms with Crippen LogP contribution in [0.5, 0.6) is 0 Å². The first kappa shape index (κ1) is 5.86. The van der Waals surface area contributed by atoms with Gasteiger partial charge in [0.2, 0.25) is 0 Å². The van der Waals surface area contributed by atoms with E-state index in [0.29, 0.717) is 0 Å². The molecule has 0 saturated carbocycles. The van der Waals surface area contributed by atoms with E-state index in [4.69, 9.17) is 0 Å². The molecular weight excluding hydrogens is 147 g/mol. The van der Waals surface area contributed by atoms with Crippen LogP contribution in [-0.2, 0) is 0 Å². The van der Waals surface area contributed by atoms with Crippen LogP contribution < -0.4 is 0 Å². The molecule has 0 nitrogen and oxygen atoms in total. The molecular formula is C8H5FS. The minimum absolute atomic E-state index is 0.0949. The van der Waals surface area contributed by atoms with E-state index in [1.54, 1.807) is 11.4 Å². The van der Waals surface area contributed by atoms with Gasteiger partial charge in [-0.2, -0.15) is 4.39 Å². The van der Waals surface area contributed by atoms with Gasteiger partial charge in [-0.3, -0.25) is 0 Å². The summed E-state index contributed by atoms with van der Waals surface area (Å²) in [6, 6.07) is 7.48. The van der Waals surface area contributed by atoms with Gasteiger partial charge in [0, 0.05) is 5.56 Å². The summed E-state index contributed by atoms with van der Waals surface area (Å²) in [5, 5.41) is 1.67. The first-order chi connectivity index (χ1) is 4.88. The summed E-state index contributed by atoms with van der Waals surface area (Å²) in [5.41, 5.74) is 1.71. The fourth-order valence-corrected chi connectivity index (χ4v) is 1.64. The third kappa shape index (κ3) is 0.727. The van der Waals surface area contributed by atoms with Crippen molar-refractivity contribution in [2.75, 3.05) is 0 Å². The second kappa shape index (κ2) is 2.06. The molecule has 2 rings (SSSR count). The molecule has 1 aliphatic carbocycles. The zero-order valence-electron chi connectivity index (χ0n) is 5.17. The highest BCUT2D eigenvalue weighted by atomic mass is 32.1. The van der Waals surface area contributed by atoms with Crippen LogP contribution >= 0.6 is 11.3 Å². The zero-order chi connectivity index (χ0) is 6.97. The van der Waals surface area contributed by atoms with E-state index in [2.05, 4.69) is 0 Å². The zero-order valence-corrected chi connectivity index (χ0v) is 5.99. The summed E-state index contributed by atoms with van der Waals surface area (Å²) < 4.78 is 12.8. The maximum Gasteiger partial charge on any atom is 0.184 e. The van der Waals surface area contributed by atoms with E-state index in [1.807, 2.05) is 18.2 Å². The van der Waals surface area contributed by atoms with Crippen LogP contribution in [0.3, 0.4) is 0 Å². The molecule has 0 aromatic carbocycles. The molecule has 0 spiro atoms. The average molecular weight is 152 g/mol. The van der Waals surface area contributed by atoms with Gasteiger partial charge in [0.05, 0.1) is 0 Å². The molecule has 1 heterocycles. The van der Waals surface area contributed by atoms with E-state index < -0.39 is 0 Å². The van der Waals surface area contributed by atoms with Crippen molar-refractivity contribution in [2.45, 2.75) is 0 Å². The molecule has 2 heteroatoms. The van der Waals surface area contributed by atoms with Crippen molar-refractivity contribution >= 4 is 11.3 Å². The molecule has 0 bridgehead atoms. The monoisotopic (exact) mass is 152 g/mol. The summed E-state index contributed by atoms with van der Waals surface area (Å²) in [4.78, 5) is 0. The Kier molecular flexibility index (Phi) is 1.21. The molecule has 0 saturated heterocycles. The summed E-state index contributed by atoms with van der Waals surface area (Å²) >= 11 is 1.13. The normalized spacial score (nSPS) is 10.5. The van der Waals surface area contributed by atoms with Crippen LogP contribution in [0.25, 0.3) is 11.1 Å². The third-order valence-corrected chi connectivity index (χ3v) is 2.18. The van der Waals surface area contributed by atoms with E-state index in [-0.39, 0.29) is 5.13 Å². The summed E-state index contributed by atoms with van der Waals surface area (Å²) in [5.74, 6) is 0. The van der Waals surface area contributed by atoms with Gasteiger partial charge < -0.3 is 0 Å². The molecule has 50 valence electrons. The van der Waals surface area contributed by atoms with E-state index in [0.717, 1.165) is 22.5 Å². The van der Waals surface area contributed by atoms with Crippen molar-refractivity contribution in [1.29, 1.82) is 0 Å². The quantitative estimate of drug-likeness (QED) is 0.544. The fraction of sp³-hybridized carbons (Fsp3) is 0. The lowest BCUT2D eigenvalue weighted by molar-refractivity contribution is 0.659. The number of hydrogen-bond donors (Lipinski definition) is 0. The van der Waals surface area contributed by atoms with E-state index >= 15 is 0 Å². The molecule has 2 aliphatic rings. The van der Waals surface area contributed by atoms with Crippen molar-refractivity contribution < 1.29 is 4.39 Å². The predicted molar refractivity (Wildman–Crippen MR) is 40.9 cm³/mol. The minimum atomic E-state index is -0.0949. The number of rotatable bonds is 0. The predicted octanol–water partition coefficient (Wildman–Crippen LogP) is 2.99. The molecule has 0 atom stereocenters. The van der Waals surface area contributed by atoms with Gasteiger partial charge in [0.25, 0.3) is 0 Å². The first-order valence-electron chi connectivity index (χ1n) is 2.99. The number of fused-ring (bicyclic) bond motifs is 1. The minimum Gasteiger partial charge on any atom is -0.194 e. The lowest BCUT2D eigenvalue weighted by Crippen LogP contribution is -1.74. The van der Waals surface area contributed by atoms with Crippen LogP contribution in [-0.4, -0.2) is 0 Å². The Labute approximate surface area is 62.3 Å². The van der Waals surface area contributed by atoms with Crippen LogP contribution in [0, 0.1) is 5.13 Å². The van der Waals surface area contributed by atoms with Gasteiger partial charge >= 0.3 is 0 Å². The second-order valence-electron chi connectivity index (χ2n) is 2.09. The highest BCUT2D eigenvalue weighted by Gasteiger charge is 2.05. The molecule has 0 radical (unpaired) electrons. The Morgan fingerprint density at radius 2 is 2.10 bits per heavy atom. The Morgan fingerprint density at radius 3 is 2.90 bits per heavy atom. The Balaban J connectivity index is 2.80. The fourth-order valence-electron chi connectivity index (χ4n) is 0.989. The van der Waals surface area contributed by atoms with E-state index in [9.17, 15) is 4.39 Å². The van der Waals surface area contributed by atoms with Gasteiger partial charge in [-0.25, -0.2) is 0 Å². The summed E-state index contributed by atoms with van der Waals surface area (Å²) in [6.07, 6.45) is 0. The maximum absolute atomic E-state index is 12.8. The summed E-state index contributed by atoms with van der Waals surface area (Å²) in [7, 11) is 0. The van der Waals surface area contributed by atoms with Gasteiger partial charge in [-0.15, -0.1) is 11.3 Å². The molecule has 0 unspecified atom stereocenters. The summed E-state index contributed by atoms with van der Waals surface area (Å²) in [6.45, 7) is 0. The average Bonchev–Trinajstić information content (AvgIpc) is 2.36. The number of hydrogen-bond acceptors (Lipinski definition) is 1. The van der Waals surface area contributed by atoms with Crippen LogP contribution in [0.1, 0.15) is 0 Å². The van der Waals surface area contributed by atoms with Crippen molar-refractivity contribution in [2.24, 2.45) is 0 Å². The van der Waals surface area contributed by atoms with Gasteiger partial charge in [-0.05, 0) is 17.0 Å². The Hall–Kier alpha value is -0.890. The SMILES string of the molecule is Fc1sccc2cccc1-2. The molecule has 0 fully saturated rings. The van der Waals surface area contributed by atoms with E-state index in [1.165, 1.54) is 0 Å². The number of halogens is 1. The molecule has 0 N–H and O–H groups in total. The first-order valence-corrected chi connectivity index (χ1v) is 3.87. The van der Waals surface area contributed by atoms with Gasteiger partial charge in [0.15, 0.2) is 5.13 Å². The Morgan fingerprint density at radius 1 is 1.20 bits per heavy atom. The van der Waals surface area contributed by atoms with Gasteiger partial charge in [0.1, 0.15) is 0 Å². The molecule has 0 aromatic rings. The highest BCUT2D eigenvalue weighted by Crippen LogP contribution is 2.27. The molecule has 0 amide bonds. The molecule has 10 heavy (non-hydrogen) atoms. The van der Waals surface area contributed by atoms with Crippen molar-refractivity contribution in [3.8, 4) is 11.1 Å². The lowest BCUT2D eigenvalue weighted by Gasteiger charge is -1.95. The van der Waals surface area contributed by atoms with Crippen molar-refractivity contribution in [3.05, 3.63) is 34.8 Å². The topological polar surface area (TPSA) is 0 Å². The smallest absolute Gasteiger partial charge is 0.184 e. The lowest BCUT2D eigenvalue weighted by atomic mass is 10.2. The highest BCUT2D eigenvalue weighted by molar-refractivity contribution is 7.08. The molecule has 0 aromatic heterocycles. The third-order valence-electron chi connectivity index (χ3n) is 1.48. The van der Waals surface area contributed by atoms with Crippen LogP contribution in [0.15, 0.2) is 29.6 Å². The Bertz CT molecular complexity index is 313. The van der Waals surface area contributed by atoms with Crippen LogP contribution in [0.4, 0.5) is 4.39 Å². The second-order valence-corrected chi connectivity index (χ2v) is 2.96. The maximum atomic E-state index is 12.8. The van der Waals surface area contributed by atoms with Crippen LogP contribution in [0.2, 0.25) is 0 Å². The molecule has 1 aliphatic heterocycles. The largest absolute Gasteiger partial charge is 0.194 e. The van der Waals surface area contributed by atoms with Crippen molar-refractivity contribution in [3.63, 3.8) is 0 Å². The van der Waals surface area contributed by atoms with Crippen molar-refractivity contribution in [1.82, 2.24) is 0 Å². The van der Waals surface area contributed by atoms with Gasteiger partial charge in [-0.1, -0.05) is 18.2 Å². The standard InChI is InChI=1S/C8H5FS/c9-8-7-3-1-2-6(7)4-5-10-8/h1-5H.